The number of alkyl halides is 3. The van der Waals surface area contributed by atoms with Gasteiger partial charge in [-0.05, 0) is 18.1 Å². The molecule has 0 aromatic heterocycles. The molecular formula is C18H15F3N4O. The van der Waals surface area contributed by atoms with Crippen LogP contribution in [0.3, 0.4) is 0 Å². The lowest BCUT2D eigenvalue weighted by Gasteiger charge is -2.15. The zero-order chi connectivity index (χ0) is 18.4. The minimum Gasteiger partial charge on any atom is -0.372 e. The molecule has 0 amide bonds. The largest absolute Gasteiger partial charge is 0.442 e. The van der Waals surface area contributed by atoms with Crippen LogP contribution >= 0.6 is 0 Å². The summed E-state index contributed by atoms with van der Waals surface area (Å²) < 4.78 is 44.5. The van der Waals surface area contributed by atoms with Gasteiger partial charge in [0.1, 0.15) is 0 Å². The molecule has 2 heterocycles. The van der Waals surface area contributed by atoms with Crippen LogP contribution in [0.5, 0.6) is 0 Å². The standard InChI is InChI=1S/C18H15F3N4O/c1-16(22-23-16)14-6-2-12(3-7-14)10-26-11-13-4-8-15(9-5-13)17(24-25-17)18(19,20)21/h2-9H,10-11H2,1H3. The Balaban J connectivity index is 1.31. The maximum absolute atomic E-state index is 13.0. The van der Waals surface area contributed by atoms with Gasteiger partial charge in [0.15, 0.2) is 0 Å². The average Bonchev–Trinajstić information content (AvgIpc) is 3.52. The molecule has 0 saturated carbocycles. The highest BCUT2D eigenvalue weighted by atomic mass is 19.4. The van der Waals surface area contributed by atoms with Crippen molar-refractivity contribution in [3.8, 4) is 0 Å². The SMILES string of the molecule is CC1(c2ccc(COCc3ccc(C4(C(F)(F)F)N=N4)cc3)cc2)N=N1. The number of halogens is 3. The molecule has 4 rings (SSSR count). The minimum absolute atomic E-state index is 0.0220. The van der Waals surface area contributed by atoms with Gasteiger partial charge in [0.05, 0.1) is 13.2 Å². The van der Waals surface area contributed by atoms with E-state index in [4.69, 9.17) is 4.74 Å². The molecule has 0 N–H and O–H groups in total. The Kier molecular flexibility index (Phi) is 3.69. The first-order valence-electron chi connectivity index (χ1n) is 8.04. The van der Waals surface area contributed by atoms with Crippen LogP contribution in [0, 0.1) is 0 Å². The van der Waals surface area contributed by atoms with E-state index in [2.05, 4.69) is 20.5 Å². The predicted octanol–water partition coefficient (Wildman–Crippen LogP) is 5.22. The summed E-state index contributed by atoms with van der Waals surface area (Å²) in [7, 11) is 0. The van der Waals surface area contributed by atoms with Crippen LogP contribution in [0.4, 0.5) is 13.2 Å². The number of benzene rings is 2. The van der Waals surface area contributed by atoms with E-state index in [0.717, 1.165) is 16.7 Å². The molecule has 2 aliphatic rings. The lowest BCUT2D eigenvalue weighted by molar-refractivity contribution is -0.166. The van der Waals surface area contributed by atoms with E-state index in [9.17, 15) is 13.2 Å². The van der Waals surface area contributed by atoms with Gasteiger partial charge >= 0.3 is 11.8 Å². The summed E-state index contributed by atoms with van der Waals surface area (Å²) in [6.45, 7) is 2.65. The lowest BCUT2D eigenvalue weighted by Crippen LogP contribution is -2.30. The van der Waals surface area contributed by atoms with E-state index in [1.807, 2.05) is 31.2 Å². The molecule has 26 heavy (non-hydrogen) atoms. The van der Waals surface area contributed by atoms with E-state index in [1.165, 1.54) is 12.1 Å². The minimum atomic E-state index is -4.50. The highest BCUT2D eigenvalue weighted by Gasteiger charge is 2.65. The van der Waals surface area contributed by atoms with Crippen LogP contribution < -0.4 is 0 Å². The van der Waals surface area contributed by atoms with Crippen LogP contribution in [-0.2, 0) is 29.3 Å². The van der Waals surface area contributed by atoms with Gasteiger partial charge in [0, 0.05) is 11.1 Å². The molecular weight excluding hydrogens is 345 g/mol. The summed E-state index contributed by atoms with van der Waals surface area (Å²) in [5, 5.41) is 14.4. The fourth-order valence-corrected chi connectivity index (χ4v) is 2.67. The first-order chi connectivity index (χ1) is 12.3. The molecule has 8 heteroatoms. The Labute approximate surface area is 147 Å². The van der Waals surface area contributed by atoms with Gasteiger partial charge in [0.25, 0.3) is 0 Å². The second-order valence-electron chi connectivity index (χ2n) is 6.48. The molecule has 0 unspecified atom stereocenters. The van der Waals surface area contributed by atoms with Crippen molar-refractivity contribution in [2.45, 2.75) is 37.6 Å². The van der Waals surface area contributed by atoms with Crippen LogP contribution in [0.25, 0.3) is 0 Å². The molecule has 2 aliphatic heterocycles. The first kappa shape index (κ1) is 16.8. The molecule has 0 bridgehead atoms. The van der Waals surface area contributed by atoms with Crippen molar-refractivity contribution in [3.05, 3.63) is 70.8 Å². The number of hydrogen-bond donors (Lipinski definition) is 0. The summed E-state index contributed by atoms with van der Waals surface area (Å²) in [5.74, 6) is 0. The molecule has 0 radical (unpaired) electrons. The normalized spacial score (nSPS) is 18.8. The van der Waals surface area contributed by atoms with Crippen molar-refractivity contribution in [1.82, 2.24) is 0 Å². The van der Waals surface area contributed by atoms with Crippen LogP contribution in [0.2, 0.25) is 0 Å². The summed E-state index contributed by atoms with van der Waals surface area (Å²) in [5.41, 5.74) is 0.0765. The van der Waals surface area contributed by atoms with E-state index >= 15 is 0 Å². The van der Waals surface area contributed by atoms with E-state index in [0.29, 0.717) is 13.2 Å². The smallest absolute Gasteiger partial charge is 0.372 e. The topological polar surface area (TPSA) is 58.7 Å². The van der Waals surface area contributed by atoms with E-state index in [1.54, 1.807) is 12.1 Å². The molecule has 0 spiro atoms. The Morgan fingerprint density at radius 1 is 0.769 bits per heavy atom. The third-order valence-corrected chi connectivity index (χ3v) is 4.49. The van der Waals surface area contributed by atoms with Crippen molar-refractivity contribution in [1.29, 1.82) is 0 Å². The zero-order valence-electron chi connectivity index (χ0n) is 13.9. The van der Waals surface area contributed by atoms with Crippen molar-refractivity contribution in [3.63, 3.8) is 0 Å². The molecule has 5 nitrogen and oxygen atoms in total. The van der Waals surface area contributed by atoms with Crippen LogP contribution in [0.1, 0.15) is 29.2 Å². The average molecular weight is 360 g/mol. The van der Waals surface area contributed by atoms with Gasteiger partial charge in [-0.1, -0.05) is 48.5 Å². The molecule has 2 aromatic carbocycles. The Hall–Kier alpha value is -2.61. The second kappa shape index (κ2) is 5.70. The molecule has 0 atom stereocenters. The van der Waals surface area contributed by atoms with Crippen LogP contribution in [0.15, 0.2) is 69.0 Å². The third kappa shape index (κ3) is 3.01. The fourth-order valence-electron chi connectivity index (χ4n) is 2.67. The fraction of sp³-hybridized carbons (Fsp3) is 0.333. The van der Waals surface area contributed by atoms with Crippen molar-refractivity contribution >= 4 is 0 Å². The summed E-state index contributed by atoms with van der Waals surface area (Å²) in [4.78, 5) is 0. The maximum atomic E-state index is 13.0. The number of nitrogens with zero attached hydrogens (tertiary/aromatic N) is 4. The monoisotopic (exact) mass is 360 g/mol. The molecule has 134 valence electrons. The lowest BCUT2D eigenvalue weighted by atomic mass is 10.0. The maximum Gasteiger partial charge on any atom is 0.442 e. The Bertz CT molecular complexity index is 861. The first-order valence-corrected chi connectivity index (χ1v) is 8.04. The molecule has 0 fully saturated rings. The summed E-state index contributed by atoms with van der Waals surface area (Å²) >= 11 is 0. The predicted molar refractivity (Wildman–Crippen MR) is 86.2 cm³/mol. The number of hydrogen-bond acceptors (Lipinski definition) is 5. The van der Waals surface area contributed by atoms with Gasteiger partial charge in [-0.3, -0.25) is 0 Å². The molecule has 2 aromatic rings. The van der Waals surface area contributed by atoms with Gasteiger partial charge in [-0.15, -0.1) is 10.2 Å². The van der Waals surface area contributed by atoms with Crippen molar-refractivity contribution in [2.24, 2.45) is 20.5 Å². The molecule has 0 aliphatic carbocycles. The highest BCUT2D eigenvalue weighted by Crippen LogP contribution is 2.52. The van der Waals surface area contributed by atoms with Crippen LogP contribution in [-0.4, -0.2) is 6.18 Å². The zero-order valence-corrected chi connectivity index (χ0v) is 13.9. The van der Waals surface area contributed by atoms with Gasteiger partial charge in [0.2, 0.25) is 5.66 Å². The van der Waals surface area contributed by atoms with Gasteiger partial charge in [-0.2, -0.15) is 23.4 Å². The van der Waals surface area contributed by atoms with Gasteiger partial charge in [-0.25, -0.2) is 0 Å². The van der Waals surface area contributed by atoms with E-state index in [-0.39, 0.29) is 5.56 Å². The number of ether oxygens (including phenoxy) is 1. The number of rotatable bonds is 6. The highest BCUT2D eigenvalue weighted by molar-refractivity contribution is 5.32. The summed E-state index contributed by atoms with van der Waals surface area (Å²) in [6.07, 6.45) is -4.50. The van der Waals surface area contributed by atoms with Crippen molar-refractivity contribution in [2.75, 3.05) is 0 Å². The third-order valence-electron chi connectivity index (χ3n) is 4.49. The van der Waals surface area contributed by atoms with Crippen molar-refractivity contribution < 1.29 is 17.9 Å². The van der Waals surface area contributed by atoms with E-state index < -0.39 is 17.5 Å². The molecule has 0 saturated heterocycles. The second-order valence-corrected chi connectivity index (χ2v) is 6.48. The Morgan fingerprint density at radius 2 is 1.23 bits per heavy atom. The Morgan fingerprint density at radius 3 is 1.62 bits per heavy atom. The van der Waals surface area contributed by atoms with Gasteiger partial charge < -0.3 is 4.74 Å². The summed E-state index contributed by atoms with van der Waals surface area (Å²) in [6, 6.07) is 13.8. The quantitative estimate of drug-likeness (QED) is 0.696.